The number of rotatable bonds is 30. The van der Waals surface area contributed by atoms with E-state index in [9.17, 15) is 32.8 Å². The van der Waals surface area contributed by atoms with Gasteiger partial charge in [-0.3, -0.25) is 4.55 Å². The summed E-state index contributed by atoms with van der Waals surface area (Å²) in [5, 5.41) is 21.6. The molecule has 0 aromatic heterocycles. The van der Waals surface area contributed by atoms with Gasteiger partial charge in [-0.15, -0.1) is 0 Å². The molecule has 0 heterocycles. The zero-order chi connectivity index (χ0) is 30.1. The van der Waals surface area contributed by atoms with Crippen LogP contribution in [0.25, 0.3) is 0 Å². The number of hydrogen-bond acceptors (Lipinski definition) is 6. The molecular weight excluding hydrogens is 607 g/mol. The summed E-state index contributed by atoms with van der Waals surface area (Å²) in [6.07, 6.45) is 25.3. The number of carboxylic acids is 2. The average Bonchev–Trinajstić information content (AvgIpc) is 2.88. The van der Waals surface area contributed by atoms with E-state index >= 15 is 0 Å². The average molecular weight is 667 g/mol. The predicted molar refractivity (Wildman–Crippen MR) is 159 cm³/mol. The second kappa shape index (κ2) is 31.7. The fourth-order valence-corrected chi connectivity index (χ4v) is 7.04. The molecule has 1 atom stereocenters. The summed E-state index contributed by atoms with van der Waals surface area (Å²) in [4.78, 5) is 24.1. The van der Waals surface area contributed by atoms with Gasteiger partial charge in [-0.2, -0.15) is 8.42 Å². The Morgan fingerprint density at radius 3 is 0.976 bits per heavy atom. The van der Waals surface area contributed by atoms with Gasteiger partial charge in [0.2, 0.25) is 0 Å². The van der Waals surface area contributed by atoms with Crippen LogP contribution in [-0.2, 0) is 19.7 Å². The third kappa shape index (κ3) is 24.3. The van der Waals surface area contributed by atoms with Gasteiger partial charge < -0.3 is 19.8 Å². The Kier molecular flexibility index (Phi) is 36.6. The van der Waals surface area contributed by atoms with Crippen LogP contribution in [-0.4, -0.2) is 30.2 Å². The van der Waals surface area contributed by atoms with Crippen molar-refractivity contribution in [3.63, 3.8) is 0 Å². The van der Waals surface area contributed by atoms with Crippen LogP contribution in [0.4, 0.5) is 0 Å². The Balaban J connectivity index is -0.00000760. The van der Waals surface area contributed by atoms with E-state index in [1.54, 1.807) is 0 Å². The zero-order valence-corrected chi connectivity index (χ0v) is 34.8. The Labute approximate surface area is 343 Å². The number of aliphatic carboxylic acids is 2. The summed E-state index contributed by atoms with van der Waals surface area (Å²) >= 11 is 0. The van der Waals surface area contributed by atoms with Gasteiger partial charge in [-0.1, -0.05) is 168 Å². The van der Waals surface area contributed by atoms with Crippen LogP contribution >= 0.6 is 0 Å². The maximum atomic E-state index is 12.3. The Bertz CT molecular complexity index is 719. The van der Waals surface area contributed by atoms with Crippen molar-refractivity contribution in [2.45, 2.75) is 186 Å². The van der Waals surface area contributed by atoms with Crippen LogP contribution < -0.4 is 113 Å². The van der Waals surface area contributed by atoms with Gasteiger partial charge in [0.25, 0.3) is 10.1 Å². The first-order valence-corrected chi connectivity index (χ1v) is 18.0. The molecule has 0 radical (unpaired) electrons. The molecule has 10 heteroatoms. The van der Waals surface area contributed by atoms with Crippen LogP contribution in [0.2, 0.25) is 0 Å². The third-order valence-corrected chi connectivity index (χ3v) is 9.61. The van der Waals surface area contributed by atoms with Crippen molar-refractivity contribution in [2.24, 2.45) is 5.41 Å². The normalized spacial score (nSPS) is 12.4. The van der Waals surface area contributed by atoms with Crippen LogP contribution in [0, 0.1) is 5.41 Å². The van der Waals surface area contributed by atoms with Gasteiger partial charge in [0.05, 0.1) is 5.97 Å². The van der Waals surface area contributed by atoms with E-state index in [0.717, 1.165) is 38.5 Å². The predicted octanol–water partition coefficient (Wildman–Crippen LogP) is 0.919. The number of carboxylic acid groups (broad SMARTS) is 2. The van der Waals surface area contributed by atoms with Crippen LogP contribution in [0.1, 0.15) is 181 Å². The molecule has 0 amide bonds. The van der Waals surface area contributed by atoms with E-state index in [-0.39, 0.29) is 116 Å². The number of unbranched alkanes of at least 4 members (excludes halogenated alkanes) is 22. The van der Waals surface area contributed by atoms with Gasteiger partial charge in [0.1, 0.15) is 5.25 Å². The molecule has 0 aliphatic rings. The summed E-state index contributed by atoms with van der Waals surface area (Å²) in [6, 6.07) is 0. The Morgan fingerprint density at radius 1 is 0.548 bits per heavy atom. The molecule has 42 heavy (non-hydrogen) atoms. The Hall–Kier alpha value is 2.12. The minimum atomic E-state index is -5.18. The molecule has 0 rings (SSSR count). The summed E-state index contributed by atoms with van der Waals surface area (Å²) in [7, 11) is -5.18. The van der Waals surface area contributed by atoms with E-state index in [1.807, 2.05) is 0 Å². The zero-order valence-electron chi connectivity index (χ0n) is 27.8. The topological polar surface area (TPSA) is 135 Å². The summed E-state index contributed by atoms with van der Waals surface area (Å²) in [6.45, 7) is 4.41. The molecular formula is C32H60K2O7S. The molecule has 7 nitrogen and oxygen atoms in total. The van der Waals surface area contributed by atoms with Crippen LogP contribution in [0.5, 0.6) is 0 Å². The summed E-state index contributed by atoms with van der Waals surface area (Å²) in [5.41, 5.74) is -2.19. The van der Waals surface area contributed by atoms with Crippen molar-refractivity contribution in [3.8, 4) is 0 Å². The van der Waals surface area contributed by atoms with Gasteiger partial charge in [-0.05, 0) is 12.8 Å². The van der Waals surface area contributed by atoms with Gasteiger partial charge in [0, 0.05) is 11.4 Å². The second-order valence-electron chi connectivity index (χ2n) is 11.9. The molecule has 0 saturated heterocycles. The molecule has 0 saturated carbocycles. The van der Waals surface area contributed by atoms with Crippen molar-refractivity contribution in [2.75, 3.05) is 0 Å². The maximum Gasteiger partial charge on any atom is 1.00 e. The molecule has 0 aromatic rings. The second-order valence-corrected chi connectivity index (χ2v) is 13.4. The molecule has 0 bridgehead atoms. The van der Waals surface area contributed by atoms with Crippen molar-refractivity contribution in [3.05, 3.63) is 0 Å². The van der Waals surface area contributed by atoms with Gasteiger partial charge >= 0.3 is 103 Å². The molecule has 1 unspecified atom stereocenters. The molecule has 0 fully saturated rings. The monoisotopic (exact) mass is 666 g/mol. The van der Waals surface area contributed by atoms with Gasteiger partial charge in [-0.25, -0.2) is 0 Å². The van der Waals surface area contributed by atoms with Crippen LogP contribution in [0.15, 0.2) is 0 Å². The third-order valence-electron chi connectivity index (χ3n) is 8.37. The van der Waals surface area contributed by atoms with E-state index in [1.165, 1.54) is 89.9 Å². The largest absolute Gasteiger partial charge is 1.00 e. The quantitative estimate of drug-likeness (QED) is 0.0685. The van der Waals surface area contributed by atoms with Crippen molar-refractivity contribution in [1.29, 1.82) is 0 Å². The first kappa shape index (κ1) is 48.5. The standard InChI is InChI=1S/C32H62O7S.2K/c1-3-5-7-9-11-13-15-17-19-21-23-25-27-32(31(35)36,29(30(33)34)40(37,38)39)28-26-24-22-20-18-16-14-12-10-8-6-4-2;;/h29H,3-28H2,1-2H3,(H,33,34)(H,35,36)(H,37,38,39);;/q;2*+1/p-2. The molecule has 0 aliphatic heterocycles. The fraction of sp³-hybridized carbons (Fsp3) is 0.938. The molecule has 0 aromatic carbocycles. The van der Waals surface area contributed by atoms with E-state index in [0.29, 0.717) is 25.7 Å². The summed E-state index contributed by atoms with van der Waals surface area (Å²) in [5.74, 6) is -3.81. The molecule has 1 N–H and O–H groups in total. The molecule has 0 aliphatic carbocycles. The fourth-order valence-electron chi connectivity index (χ4n) is 5.89. The smallest absolute Gasteiger partial charge is 0.549 e. The number of hydrogen-bond donors (Lipinski definition) is 1. The van der Waals surface area contributed by atoms with E-state index < -0.39 is 32.7 Å². The summed E-state index contributed by atoms with van der Waals surface area (Å²) < 4.78 is 33.7. The van der Waals surface area contributed by atoms with Crippen molar-refractivity contribution in [1.82, 2.24) is 0 Å². The van der Waals surface area contributed by atoms with E-state index in [2.05, 4.69) is 13.8 Å². The van der Waals surface area contributed by atoms with Gasteiger partial charge in [0.15, 0.2) is 0 Å². The van der Waals surface area contributed by atoms with E-state index in [4.69, 9.17) is 0 Å². The Morgan fingerprint density at radius 2 is 0.786 bits per heavy atom. The number of carbonyl (C=O) groups is 2. The first-order valence-electron chi connectivity index (χ1n) is 16.5. The minimum absolute atomic E-state index is 0. The molecule has 238 valence electrons. The maximum absolute atomic E-state index is 12.3. The van der Waals surface area contributed by atoms with Crippen LogP contribution in [0.3, 0.4) is 0 Å². The number of carbonyl (C=O) groups excluding carboxylic acids is 2. The van der Waals surface area contributed by atoms with Crippen molar-refractivity contribution < 1.29 is 136 Å². The van der Waals surface area contributed by atoms with Crippen molar-refractivity contribution >= 4 is 22.1 Å². The minimum Gasteiger partial charge on any atom is -0.549 e. The molecule has 0 spiro atoms. The SMILES string of the molecule is CCCCCCCCCCCCCCC(CCCCCCCCCCCCCC)(C(=O)[O-])C(C(=O)[O-])S(=O)(=O)O.[K+].[K+]. The first-order chi connectivity index (χ1) is 19.1.